The van der Waals surface area contributed by atoms with E-state index < -0.39 is 10.0 Å². The summed E-state index contributed by atoms with van der Waals surface area (Å²) in [7, 11) is -3.13. The Bertz CT molecular complexity index is 641. The predicted octanol–water partition coefficient (Wildman–Crippen LogP) is 3.13. The van der Waals surface area contributed by atoms with Crippen molar-refractivity contribution >= 4 is 10.0 Å². The summed E-state index contributed by atoms with van der Waals surface area (Å²) in [5, 5.41) is 0. The molecular weight excluding hydrogens is 270 g/mol. The summed E-state index contributed by atoms with van der Waals surface area (Å²) < 4.78 is 25.9. The second-order valence-corrected chi connectivity index (χ2v) is 7.04. The van der Waals surface area contributed by atoms with Crippen LogP contribution in [0.5, 0.6) is 0 Å². The fraction of sp³-hybridized carbons (Fsp3) is 0.250. The fourth-order valence-corrected chi connectivity index (χ4v) is 4.63. The molecule has 0 amide bonds. The molecule has 1 fully saturated rings. The highest BCUT2D eigenvalue weighted by molar-refractivity contribution is 7.90. The minimum Gasteiger partial charge on any atom is -0.212 e. The maximum absolute atomic E-state index is 12.1. The van der Waals surface area contributed by atoms with Crippen molar-refractivity contribution in [2.45, 2.75) is 19.0 Å². The number of sulfonamides is 1. The molecule has 3 rings (SSSR count). The van der Waals surface area contributed by atoms with E-state index in [1.807, 2.05) is 67.6 Å². The summed E-state index contributed by atoms with van der Waals surface area (Å²) in [5.41, 5.74) is 2.09. The molecule has 0 unspecified atom stereocenters. The van der Waals surface area contributed by atoms with Crippen LogP contribution in [0.1, 0.15) is 30.1 Å². The Labute approximate surface area is 119 Å². The van der Waals surface area contributed by atoms with Crippen molar-refractivity contribution in [1.29, 1.82) is 0 Å². The molecule has 3 nitrogen and oxygen atoms in total. The molecule has 0 saturated carbocycles. The van der Waals surface area contributed by atoms with E-state index in [1.54, 1.807) is 4.31 Å². The first-order valence-corrected chi connectivity index (χ1v) is 8.31. The number of nitrogens with zero attached hydrogens (tertiary/aromatic N) is 1. The van der Waals surface area contributed by atoms with Gasteiger partial charge in [0, 0.05) is 6.04 Å². The lowest BCUT2D eigenvalue weighted by molar-refractivity contribution is 0.239. The average molecular weight is 287 g/mol. The van der Waals surface area contributed by atoms with Crippen LogP contribution in [0.4, 0.5) is 0 Å². The maximum Gasteiger partial charge on any atom is 0.217 e. The SMILES string of the molecule is C[C@H](c1ccccc1)N1[C@H](c2ccccc2)CS1(=O)=O. The fourth-order valence-electron chi connectivity index (χ4n) is 2.78. The third-order valence-corrected chi connectivity index (χ3v) is 5.80. The van der Waals surface area contributed by atoms with Gasteiger partial charge in [0.25, 0.3) is 0 Å². The van der Waals surface area contributed by atoms with Crippen LogP contribution in [-0.4, -0.2) is 18.5 Å². The first-order valence-electron chi connectivity index (χ1n) is 6.71. The Morgan fingerprint density at radius 1 is 1.00 bits per heavy atom. The highest BCUT2D eigenvalue weighted by Gasteiger charge is 2.46. The minimum atomic E-state index is -3.13. The molecule has 0 spiro atoms. The lowest BCUT2D eigenvalue weighted by atomic mass is 10.0. The number of hydrogen-bond donors (Lipinski definition) is 0. The molecule has 1 saturated heterocycles. The summed E-state index contributed by atoms with van der Waals surface area (Å²) >= 11 is 0. The second-order valence-electron chi connectivity index (χ2n) is 5.12. The minimum absolute atomic E-state index is 0.0450. The average Bonchev–Trinajstić information content (AvgIpc) is 2.47. The summed E-state index contributed by atoms with van der Waals surface area (Å²) in [6.45, 7) is 1.95. The number of benzene rings is 2. The highest BCUT2D eigenvalue weighted by atomic mass is 32.2. The van der Waals surface area contributed by atoms with Gasteiger partial charge in [-0.15, -0.1) is 0 Å². The molecular formula is C16H17NO2S. The Morgan fingerprint density at radius 2 is 1.55 bits per heavy atom. The van der Waals surface area contributed by atoms with E-state index >= 15 is 0 Å². The molecule has 104 valence electrons. The zero-order valence-electron chi connectivity index (χ0n) is 11.3. The van der Waals surface area contributed by atoms with Crippen molar-refractivity contribution in [1.82, 2.24) is 4.31 Å². The third kappa shape index (κ3) is 2.25. The molecule has 1 aliphatic heterocycles. The van der Waals surface area contributed by atoms with Crippen LogP contribution in [0.3, 0.4) is 0 Å². The van der Waals surface area contributed by atoms with Crippen LogP contribution in [0.15, 0.2) is 60.7 Å². The number of hydrogen-bond acceptors (Lipinski definition) is 2. The molecule has 0 bridgehead atoms. The van der Waals surface area contributed by atoms with Gasteiger partial charge in [0.1, 0.15) is 0 Å². The van der Waals surface area contributed by atoms with E-state index in [0.29, 0.717) is 0 Å². The van der Waals surface area contributed by atoms with Gasteiger partial charge < -0.3 is 0 Å². The van der Waals surface area contributed by atoms with Crippen molar-refractivity contribution in [2.24, 2.45) is 0 Å². The van der Waals surface area contributed by atoms with Gasteiger partial charge >= 0.3 is 0 Å². The second kappa shape index (κ2) is 5.04. The lowest BCUT2D eigenvalue weighted by Crippen LogP contribution is -2.51. The molecule has 0 radical (unpaired) electrons. The summed E-state index contributed by atoms with van der Waals surface area (Å²) in [5.74, 6) is 0.203. The van der Waals surface area contributed by atoms with Crippen LogP contribution < -0.4 is 0 Å². The van der Waals surface area contributed by atoms with Gasteiger partial charge in [-0.3, -0.25) is 0 Å². The summed E-state index contributed by atoms with van der Waals surface area (Å²) in [6, 6.07) is 19.4. The standard InChI is InChI=1S/C16H17NO2S/c1-13(14-8-4-2-5-9-14)17-16(12-20(17,18)19)15-10-6-3-7-11-15/h2-11,13,16H,12H2,1H3/t13-,16+/m1/s1. The molecule has 2 aromatic carbocycles. The molecule has 20 heavy (non-hydrogen) atoms. The van der Waals surface area contributed by atoms with Gasteiger partial charge in [0.2, 0.25) is 10.0 Å². The van der Waals surface area contributed by atoms with Crippen LogP contribution in [-0.2, 0) is 10.0 Å². The highest BCUT2D eigenvalue weighted by Crippen LogP contribution is 2.42. The lowest BCUT2D eigenvalue weighted by Gasteiger charge is -2.44. The van der Waals surface area contributed by atoms with Crippen molar-refractivity contribution in [2.75, 3.05) is 5.75 Å². The topological polar surface area (TPSA) is 37.4 Å². The Kier molecular flexibility index (Phi) is 3.36. The molecule has 2 atom stereocenters. The van der Waals surface area contributed by atoms with Crippen molar-refractivity contribution < 1.29 is 8.42 Å². The van der Waals surface area contributed by atoms with Gasteiger partial charge in [-0.2, -0.15) is 4.31 Å². The molecule has 2 aromatic rings. The Balaban J connectivity index is 1.93. The van der Waals surface area contributed by atoms with Crippen LogP contribution in [0.2, 0.25) is 0 Å². The van der Waals surface area contributed by atoms with Gasteiger partial charge in [-0.05, 0) is 18.1 Å². The molecule has 1 heterocycles. The monoisotopic (exact) mass is 287 g/mol. The van der Waals surface area contributed by atoms with Crippen LogP contribution >= 0.6 is 0 Å². The molecule has 0 aromatic heterocycles. The van der Waals surface area contributed by atoms with Gasteiger partial charge in [0.05, 0.1) is 11.8 Å². The normalized spacial score (nSPS) is 22.9. The Hall–Kier alpha value is -1.65. The summed E-state index contributed by atoms with van der Waals surface area (Å²) in [4.78, 5) is 0. The van der Waals surface area contributed by atoms with Gasteiger partial charge in [-0.25, -0.2) is 8.42 Å². The van der Waals surface area contributed by atoms with E-state index in [0.717, 1.165) is 11.1 Å². The van der Waals surface area contributed by atoms with Gasteiger partial charge in [0.15, 0.2) is 0 Å². The van der Waals surface area contributed by atoms with Crippen molar-refractivity contribution in [3.63, 3.8) is 0 Å². The quantitative estimate of drug-likeness (QED) is 0.869. The smallest absolute Gasteiger partial charge is 0.212 e. The van der Waals surface area contributed by atoms with Crippen molar-refractivity contribution in [3.05, 3.63) is 71.8 Å². The Morgan fingerprint density at radius 3 is 2.10 bits per heavy atom. The molecule has 0 N–H and O–H groups in total. The summed E-state index contributed by atoms with van der Waals surface area (Å²) in [6.07, 6.45) is 0. The van der Waals surface area contributed by atoms with Crippen molar-refractivity contribution in [3.8, 4) is 0 Å². The van der Waals surface area contributed by atoms with Gasteiger partial charge in [-0.1, -0.05) is 60.7 Å². The molecule has 0 aliphatic carbocycles. The predicted molar refractivity (Wildman–Crippen MR) is 79.7 cm³/mol. The van der Waals surface area contributed by atoms with E-state index in [4.69, 9.17) is 0 Å². The van der Waals surface area contributed by atoms with Crippen LogP contribution in [0.25, 0.3) is 0 Å². The first kappa shape index (κ1) is 13.3. The van der Waals surface area contributed by atoms with E-state index in [9.17, 15) is 8.42 Å². The molecule has 1 aliphatic rings. The maximum atomic E-state index is 12.1. The number of rotatable bonds is 3. The zero-order chi connectivity index (χ0) is 14.2. The van der Waals surface area contributed by atoms with E-state index in [1.165, 1.54) is 0 Å². The third-order valence-electron chi connectivity index (χ3n) is 3.84. The molecule has 4 heteroatoms. The largest absolute Gasteiger partial charge is 0.217 e. The first-order chi connectivity index (χ1) is 9.59. The van der Waals surface area contributed by atoms with E-state index in [2.05, 4.69) is 0 Å². The van der Waals surface area contributed by atoms with Crippen LogP contribution in [0, 0.1) is 0 Å². The van der Waals surface area contributed by atoms with E-state index in [-0.39, 0.29) is 17.8 Å². The zero-order valence-corrected chi connectivity index (χ0v) is 12.1.